The van der Waals surface area contributed by atoms with Gasteiger partial charge in [-0.3, -0.25) is 0 Å². The van der Waals surface area contributed by atoms with E-state index >= 15 is 0 Å². The zero-order valence-corrected chi connectivity index (χ0v) is 13.8. The van der Waals surface area contributed by atoms with E-state index < -0.39 is 0 Å². The predicted molar refractivity (Wildman–Crippen MR) is 87.4 cm³/mol. The molecule has 0 saturated carbocycles. The molecule has 0 aromatic heterocycles. The van der Waals surface area contributed by atoms with Crippen LogP contribution in [0.25, 0.3) is 0 Å². The van der Waals surface area contributed by atoms with Crippen LogP contribution >= 0.6 is 39.1 Å². The van der Waals surface area contributed by atoms with Crippen molar-refractivity contribution in [1.82, 2.24) is 0 Å². The molecular formula is C15H14BrCl2N. The monoisotopic (exact) mass is 357 g/mol. The van der Waals surface area contributed by atoms with E-state index in [4.69, 9.17) is 23.2 Å². The van der Waals surface area contributed by atoms with Crippen LogP contribution in [0, 0.1) is 6.92 Å². The van der Waals surface area contributed by atoms with Crippen molar-refractivity contribution in [2.75, 3.05) is 5.32 Å². The Kier molecular flexibility index (Phi) is 4.77. The van der Waals surface area contributed by atoms with Gasteiger partial charge in [-0.25, -0.2) is 0 Å². The molecule has 0 radical (unpaired) electrons. The van der Waals surface area contributed by atoms with Gasteiger partial charge >= 0.3 is 0 Å². The normalized spacial score (nSPS) is 12.3. The van der Waals surface area contributed by atoms with Crippen molar-refractivity contribution in [2.24, 2.45) is 0 Å². The molecule has 1 atom stereocenters. The maximum atomic E-state index is 6.05. The number of nitrogens with one attached hydrogen (secondary N) is 1. The molecule has 0 fully saturated rings. The van der Waals surface area contributed by atoms with Crippen molar-refractivity contribution in [3.05, 3.63) is 62.0 Å². The topological polar surface area (TPSA) is 12.0 Å². The second-order valence-electron chi connectivity index (χ2n) is 4.45. The SMILES string of the molecule is Cc1c(Br)cccc1NC(C)c1ccc(Cl)c(Cl)c1. The Hall–Kier alpha value is -0.700. The molecule has 0 amide bonds. The summed E-state index contributed by atoms with van der Waals surface area (Å²) in [5.74, 6) is 0. The summed E-state index contributed by atoms with van der Waals surface area (Å²) in [6, 6.07) is 12.0. The standard InChI is InChI=1S/C15H14BrCl2N/c1-9-12(16)4-3-5-15(9)19-10(2)11-6-7-13(17)14(18)8-11/h3-8,10,19H,1-2H3. The number of rotatable bonds is 3. The van der Waals surface area contributed by atoms with Crippen LogP contribution in [0.4, 0.5) is 5.69 Å². The molecule has 100 valence electrons. The van der Waals surface area contributed by atoms with Gasteiger partial charge in [-0.1, -0.05) is 51.3 Å². The van der Waals surface area contributed by atoms with Crippen molar-refractivity contribution in [3.63, 3.8) is 0 Å². The molecular weight excluding hydrogens is 345 g/mol. The van der Waals surface area contributed by atoms with Crippen molar-refractivity contribution in [3.8, 4) is 0 Å². The molecule has 0 saturated heterocycles. The molecule has 0 aliphatic rings. The second-order valence-corrected chi connectivity index (χ2v) is 6.12. The van der Waals surface area contributed by atoms with Gasteiger partial charge in [-0.15, -0.1) is 0 Å². The Morgan fingerprint density at radius 3 is 2.53 bits per heavy atom. The Bertz CT molecular complexity index is 599. The van der Waals surface area contributed by atoms with Crippen molar-refractivity contribution in [2.45, 2.75) is 19.9 Å². The van der Waals surface area contributed by atoms with Crippen LogP contribution in [0.15, 0.2) is 40.9 Å². The molecule has 0 heterocycles. The third-order valence-electron chi connectivity index (χ3n) is 3.08. The molecule has 1 N–H and O–H groups in total. The number of anilines is 1. The molecule has 2 aromatic rings. The van der Waals surface area contributed by atoms with Crippen LogP contribution in [0.1, 0.15) is 24.1 Å². The molecule has 1 unspecified atom stereocenters. The summed E-state index contributed by atoms with van der Waals surface area (Å²) in [6.45, 7) is 4.17. The lowest BCUT2D eigenvalue weighted by atomic mass is 10.1. The summed E-state index contributed by atoms with van der Waals surface area (Å²) in [5.41, 5.74) is 3.40. The Morgan fingerprint density at radius 1 is 1.11 bits per heavy atom. The highest BCUT2D eigenvalue weighted by molar-refractivity contribution is 9.10. The first-order valence-electron chi connectivity index (χ1n) is 5.95. The third-order valence-corrected chi connectivity index (χ3v) is 4.68. The minimum Gasteiger partial charge on any atom is -0.378 e. The van der Waals surface area contributed by atoms with Gasteiger partial charge in [-0.05, 0) is 49.2 Å². The molecule has 1 nitrogen and oxygen atoms in total. The molecule has 2 aromatic carbocycles. The highest BCUT2D eigenvalue weighted by Crippen LogP contribution is 2.29. The lowest BCUT2D eigenvalue weighted by Gasteiger charge is -2.18. The average Bonchev–Trinajstić information content (AvgIpc) is 2.38. The van der Waals surface area contributed by atoms with Crippen LogP contribution in [0.5, 0.6) is 0 Å². The van der Waals surface area contributed by atoms with E-state index in [9.17, 15) is 0 Å². The van der Waals surface area contributed by atoms with E-state index in [0.29, 0.717) is 10.0 Å². The minimum atomic E-state index is 0.155. The zero-order chi connectivity index (χ0) is 14.0. The van der Waals surface area contributed by atoms with Crippen molar-refractivity contribution >= 4 is 44.8 Å². The first-order chi connectivity index (χ1) is 8.99. The van der Waals surface area contributed by atoms with E-state index in [1.54, 1.807) is 0 Å². The lowest BCUT2D eigenvalue weighted by molar-refractivity contribution is 0.882. The molecule has 4 heteroatoms. The number of benzene rings is 2. The van der Waals surface area contributed by atoms with Crippen molar-refractivity contribution < 1.29 is 0 Å². The second kappa shape index (κ2) is 6.17. The lowest BCUT2D eigenvalue weighted by Crippen LogP contribution is -2.07. The van der Waals surface area contributed by atoms with Gasteiger partial charge < -0.3 is 5.32 Å². The highest BCUT2D eigenvalue weighted by atomic mass is 79.9. The number of hydrogen-bond donors (Lipinski definition) is 1. The first-order valence-corrected chi connectivity index (χ1v) is 7.50. The zero-order valence-electron chi connectivity index (χ0n) is 10.7. The minimum absolute atomic E-state index is 0.155. The van der Waals surface area contributed by atoms with Crippen molar-refractivity contribution in [1.29, 1.82) is 0 Å². The van der Waals surface area contributed by atoms with Crippen LogP contribution < -0.4 is 5.32 Å². The fourth-order valence-corrected chi connectivity index (χ4v) is 2.53. The first kappa shape index (κ1) is 14.7. The molecule has 0 aliphatic carbocycles. The molecule has 19 heavy (non-hydrogen) atoms. The molecule has 2 rings (SSSR count). The van der Waals surface area contributed by atoms with E-state index in [2.05, 4.69) is 41.2 Å². The van der Waals surface area contributed by atoms with Gasteiger partial charge in [0.1, 0.15) is 0 Å². The predicted octanol–water partition coefficient (Wildman–Crippen LogP) is 6.24. The average molecular weight is 359 g/mol. The van der Waals surface area contributed by atoms with Gasteiger partial charge in [-0.2, -0.15) is 0 Å². The fraction of sp³-hybridized carbons (Fsp3) is 0.200. The summed E-state index contributed by atoms with van der Waals surface area (Å²) in [6.07, 6.45) is 0. The van der Waals surface area contributed by atoms with Gasteiger partial charge in [0, 0.05) is 16.2 Å². The van der Waals surface area contributed by atoms with E-state index in [-0.39, 0.29) is 6.04 Å². The summed E-state index contributed by atoms with van der Waals surface area (Å²) < 4.78 is 1.10. The van der Waals surface area contributed by atoms with Gasteiger partial charge in [0.2, 0.25) is 0 Å². The Balaban J connectivity index is 2.23. The van der Waals surface area contributed by atoms with Gasteiger partial charge in [0.05, 0.1) is 10.0 Å². The number of hydrogen-bond acceptors (Lipinski definition) is 1. The van der Waals surface area contributed by atoms with Crippen LogP contribution in [-0.2, 0) is 0 Å². The summed E-state index contributed by atoms with van der Waals surface area (Å²) in [4.78, 5) is 0. The number of halogens is 3. The maximum absolute atomic E-state index is 6.05. The van der Waals surface area contributed by atoms with Gasteiger partial charge in [0.15, 0.2) is 0 Å². The summed E-state index contributed by atoms with van der Waals surface area (Å²) in [5, 5.41) is 4.64. The smallest absolute Gasteiger partial charge is 0.0595 e. The fourth-order valence-electron chi connectivity index (χ4n) is 1.86. The Morgan fingerprint density at radius 2 is 1.84 bits per heavy atom. The molecule has 0 aliphatic heterocycles. The van der Waals surface area contributed by atoms with E-state index in [0.717, 1.165) is 15.7 Å². The third kappa shape index (κ3) is 3.44. The summed E-state index contributed by atoms with van der Waals surface area (Å²) >= 11 is 15.5. The van der Waals surface area contributed by atoms with Crippen LogP contribution in [0.3, 0.4) is 0 Å². The van der Waals surface area contributed by atoms with Crippen LogP contribution in [-0.4, -0.2) is 0 Å². The van der Waals surface area contributed by atoms with Gasteiger partial charge in [0.25, 0.3) is 0 Å². The van der Waals surface area contributed by atoms with E-state index in [1.807, 2.05) is 30.3 Å². The molecule has 0 bridgehead atoms. The van der Waals surface area contributed by atoms with E-state index in [1.165, 1.54) is 5.56 Å². The maximum Gasteiger partial charge on any atom is 0.0595 e. The largest absolute Gasteiger partial charge is 0.378 e. The summed E-state index contributed by atoms with van der Waals surface area (Å²) in [7, 11) is 0. The van der Waals surface area contributed by atoms with Crippen LogP contribution in [0.2, 0.25) is 10.0 Å². The highest BCUT2D eigenvalue weighted by Gasteiger charge is 2.09. The molecule has 0 spiro atoms. The quantitative estimate of drug-likeness (QED) is 0.684. The Labute approximate surface area is 132 Å².